The number of carbonyl (C=O) groups is 1. The summed E-state index contributed by atoms with van der Waals surface area (Å²) in [6.45, 7) is 6.21. The smallest absolute Gasteiger partial charge is 0.193 e. The van der Waals surface area contributed by atoms with Gasteiger partial charge in [0.05, 0.1) is 0 Å². The Morgan fingerprint density at radius 3 is 2.16 bits per heavy atom. The molecule has 0 aliphatic heterocycles. The summed E-state index contributed by atoms with van der Waals surface area (Å²) in [6.07, 6.45) is 0. The zero-order valence-electron chi connectivity index (χ0n) is 11.6. The summed E-state index contributed by atoms with van der Waals surface area (Å²) >= 11 is 1.78. The van der Waals surface area contributed by atoms with E-state index in [9.17, 15) is 4.79 Å². The maximum Gasteiger partial charge on any atom is 0.193 e. The van der Waals surface area contributed by atoms with E-state index in [-0.39, 0.29) is 5.78 Å². The van der Waals surface area contributed by atoms with Crippen LogP contribution in [0.1, 0.15) is 34.0 Å². The summed E-state index contributed by atoms with van der Waals surface area (Å²) in [5.74, 6) is 1.14. The third kappa shape index (κ3) is 3.27. The molecular weight excluding hydrogens is 252 g/mol. The fourth-order valence-corrected chi connectivity index (χ4v) is 2.58. The normalized spacial score (nSPS) is 10.5. The van der Waals surface area contributed by atoms with Crippen LogP contribution in [0.5, 0.6) is 0 Å². The molecule has 0 aromatic heterocycles. The average molecular weight is 270 g/mol. The van der Waals surface area contributed by atoms with E-state index >= 15 is 0 Å². The van der Waals surface area contributed by atoms with Gasteiger partial charge in [0.25, 0.3) is 0 Å². The van der Waals surface area contributed by atoms with E-state index < -0.39 is 0 Å². The van der Waals surface area contributed by atoms with Crippen LogP contribution in [0.2, 0.25) is 0 Å². The Morgan fingerprint density at radius 2 is 1.58 bits per heavy atom. The zero-order valence-corrected chi connectivity index (χ0v) is 12.4. The van der Waals surface area contributed by atoms with Gasteiger partial charge in [0.15, 0.2) is 5.78 Å². The molecule has 0 saturated carbocycles. The lowest BCUT2D eigenvalue weighted by Gasteiger charge is -2.05. The predicted molar refractivity (Wildman–Crippen MR) is 82.2 cm³/mol. The van der Waals surface area contributed by atoms with Gasteiger partial charge in [-0.2, -0.15) is 0 Å². The van der Waals surface area contributed by atoms with Gasteiger partial charge in [-0.1, -0.05) is 19.1 Å². The Labute approximate surface area is 119 Å². The predicted octanol–water partition coefficient (Wildman–Crippen LogP) is 4.65. The van der Waals surface area contributed by atoms with Crippen molar-refractivity contribution in [3.8, 4) is 0 Å². The number of aryl methyl sites for hydroxylation is 2. The Bertz CT molecular complexity index is 585. The fourth-order valence-electron chi connectivity index (χ4n) is 1.92. The highest BCUT2D eigenvalue weighted by Gasteiger charge is 2.09. The lowest BCUT2D eigenvalue weighted by atomic mass is 9.99. The molecule has 1 nitrogen and oxygen atoms in total. The molecule has 0 saturated heterocycles. The van der Waals surface area contributed by atoms with Gasteiger partial charge in [-0.05, 0) is 61.1 Å². The molecule has 2 rings (SSSR count). The van der Waals surface area contributed by atoms with Crippen molar-refractivity contribution >= 4 is 17.5 Å². The molecular formula is C17H18OS. The van der Waals surface area contributed by atoms with E-state index in [1.54, 1.807) is 11.8 Å². The van der Waals surface area contributed by atoms with Crippen LogP contribution < -0.4 is 0 Å². The second kappa shape index (κ2) is 6.07. The molecule has 19 heavy (non-hydrogen) atoms. The summed E-state index contributed by atoms with van der Waals surface area (Å²) in [4.78, 5) is 13.6. The summed E-state index contributed by atoms with van der Waals surface area (Å²) in [5.41, 5.74) is 3.89. The van der Waals surface area contributed by atoms with Crippen molar-refractivity contribution in [2.75, 3.05) is 5.75 Å². The Hall–Kier alpha value is -1.54. The van der Waals surface area contributed by atoms with Gasteiger partial charge in [0.2, 0.25) is 0 Å². The summed E-state index contributed by atoms with van der Waals surface area (Å²) in [5, 5.41) is 0. The maximum atomic E-state index is 12.4. The third-order valence-electron chi connectivity index (χ3n) is 3.20. The molecule has 0 aliphatic carbocycles. The lowest BCUT2D eigenvalue weighted by molar-refractivity contribution is 0.103. The largest absolute Gasteiger partial charge is 0.289 e. The molecule has 0 atom stereocenters. The van der Waals surface area contributed by atoms with Gasteiger partial charge >= 0.3 is 0 Å². The Kier molecular flexibility index (Phi) is 4.43. The molecule has 0 N–H and O–H groups in total. The Balaban J connectivity index is 2.25. The van der Waals surface area contributed by atoms with Crippen LogP contribution in [0, 0.1) is 13.8 Å². The maximum absolute atomic E-state index is 12.4. The second-order valence-corrected chi connectivity index (χ2v) is 5.92. The molecule has 0 heterocycles. The highest BCUT2D eigenvalue weighted by molar-refractivity contribution is 7.99. The minimum absolute atomic E-state index is 0.0937. The summed E-state index contributed by atoms with van der Waals surface area (Å²) < 4.78 is 0. The van der Waals surface area contributed by atoms with Crippen LogP contribution in [0.25, 0.3) is 0 Å². The molecule has 0 fully saturated rings. The molecule has 0 aliphatic rings. The van der Waals surface area contributed by atoms with Crippen LogP contribution in [0.3, 0.4) is 0 Å². The van der Waals surface area contributed by atoms with Gasteiger partial charge in [-0.15, -0.1) is 11.8 Å². The van der Waals surface area contributed by atoms with Gasteiger partial charge in [0.1, 0.15) is 0 Å². The van der Waals surface area contributed by atoms with E-state index in [1.165, 1.54) is 10.5 Å². The van der Waals surface area contributed by atoms with Crippen molar-refractivity contribution in [2.45, 2.75) is 25.7 Å². The van der Waals surface area contributed by atoms with Crippen molar-refractivity contribution in [2.24, 2.45) is 0 Å². The molecule has 98 valence electrons. The molecule has 0 unspecified atom stereocenters. The van der Waals surface area contributed by atoms with E-state index in [1.807, 2.05) is 49.4 Å². The molecule has 0 bridgehead atoms. The number of hydrogen-bond donors (Lipinski definition) is 0. The van der Waals surface area contributed by atoms with Crippen LogP contribution in [0.15, 0.2) is 47.4 Å². The highest BCUT2D eigenvalue weighted by atomic mass is 32.2. The van der Waals surface area contributed by atoms with Gasteiger partial charge in [-0.25, -0.2) is 0 Å². The van der Waals surface area contributed by atoms with Crippen molar-refractivity contribution < 1.29 is 4.79 Å². The first-order chi connectivity index (χ1) is 9.11. The van der Waals surface area contributed by atoms with Crippen LogP contribution in [-0.4, -0.2) is 11.5 Å². The zero-order chi connectivity index (χ0) is 13.8. The fraction of sp³-hybridized carbons (Fsp3) is 0.235. The first kappa shape index (κ1) is 13.9. The summed E-state index contributed by atoms with van der Waals surface area (Å²) in [6, 6.07) is 13.7. The van der Waals surface area contributed by atoms with Gasteiger partial charge in [-0.3, -0.25) is 4.79 Å². The highest BCUT2D eigenvalue weighted by Crippen LogP contribution is 2.20. The van der Waals surface area contributed by atoms with Crippen LogP contribution in [-0.2, 0) is 0 Å². The topological polar surface area (TPSA) is 17.1 Å². The quantitative estimate of drug-likeness (QED) is 0.594. The average Bonchev–Trinajstić information content (AvgIpc) is 2.42. The van der Waals surface area contributed by atoms with Crippen LogP contribution in [0.4, 0.5) is 0 Å². The van der Waals surface area contributed by atoms with E-state index in [4.69, 9.17) is 0 Å². The van der Waals surface area contributed by atoms with Crippen molar-refractivity contribution in [1.82, 2.24) is 0 Å². The third-order valence-corrected chi connectivity index (χ3v) is 4.09. The van der Waals surface area contributed by atoms with Gasteiger partial charge in [0, 0.05) is 16.0 Å². The number of carbonyl (C=O) groups excluding carboxylic acids is 1. The molecule has 2 heteroatoms. The van der Waals surface area contributed by atoms with E-state index in [0.29, 0.717) is 0 Å². The van der Waals surface area contributed by atoms with E-state index in [2.05, 4.69) is 13.8 Å². The standard InChI is InChI=1S/C17H18OS/c1-4-19-16-9-7-14(8-10-16)17(18)15-6-5-12(2)13(3)11-15/h5-11H,4H2,1-3H3. The lowest BCUT2D eigenvalue weighted by Crippen LogP contribution is -2.01. The number of thioether (sulfide) groups is 1. The van der Waals surface area contributed by atoms with Crippen molar-refractivity contribution in [1.29, 1.82) is 0 Å². The first-order valence-corrected chi connectivity index (χ1v) is 7.45. The monoisotopic (exact) mass is 270 g/mol. The van der Waals surface area contributed by atoms with Crippen LogP contribution >= 0.6 is 11.8 Å². The molecule has 0 spiro atoms. The number of rotatable bonds is 4. The number of hydrogen-bond acceptors (Lipinski definition) is 2. The van der Waals surface area contributed by atoms with Crippen molar-refractivity contribution in [3.05, 3.63) is 64.7 Å². The summed E-state index contributed by atoms with van der Waals surface area (Å²) in [7, 11) is 0. The minimum atomic E-state index is 0.0937. The Morgan fingerprint density at radius 1 is 0.947 bits per heavy atom. The number of benzene rings is 2. The molecule has 0 radical (unpaired) electrons. The second-order valence-electron chi connectivity index (χ2n) is 4.59. The first-order valence-electron chi connectivity index (χ1n) is 6.46. The van der Waals surface area contributed by atoms with E-state index in [0.717, 1.165) is 22.4 Å². The molecule has 2 aromatic carbocycles. The number of ketones is 1. The SMILES string of the molecule is CCSc1ccc(C(=O)c2ccc(C)c(C)c2)cc1. The molecule has 2 aromatic rings. The van der Waals surface area contributed by atoms with Gasteiger partial charge < -0.3 is 0 Å². The molecule has 0 amide bonds. The van der Waals surface area contributed by atoms with Crippen molar-refractivity contribution in [3.63, 3.8) is 0 Å². The minimum Gasteiger partial charge on any atom is -0.289 e.